The molecule has 2 aromatic rings. The Morgan fingerprint density at radius 3 is 2.49 bits per heavy atom. The lowest BCUT2D eigenvalue weighted by atomic mass is 10.0. The number of nitrogens with zero attached hydrogens (tertiary/aromatic N) is 2. The first-order chi connectivity index (χ1) is 16.9. The highest BCUT2D eigenvalue weighted by atomic mass is 35.5. The van der Waals surface area contributed by atoms with Crippen molar-refractivity contribution in [1.29, 1.82) is 0 Å². The number of pyridine rings is 2. The van der Waals surface area contributed by atoms with Crippen LogP contribution in [0.4, 0.5) is 8.78 Å². The van der Waals surface area contributed by atoms with Crippen LogP contribution in [0.5, 0.6) is 5.75 Å². The second-order valence-electron chi connectivity index (χ2n) is 6.88. The number of amides is 1. The minimum Gasteiger partial charge on any atom is -0.494 e. The number of carbonyl (C=O) groups is 1. The fourth-order valence-corrected chi connectivity index (χ4v) is 3.91. The number of thioether (sulfide) groups is 1. The minimum absolute atomic E-state index is 0.106. The van der Waals surface area contributed by atoms with Crippen LogP contribution in [-0.2, 0) is 0 Å². The van der Waals surface area contributed by atoms with E-state index in [1.54, 1.807) is 0 Å². The molecule has 2 aliphatic rings. The molecule has 4 rings (SSSR count). The molecule has 1 aliphatic carbocycles. The van der Waals surface area contributed by atoms with Crippen LogP contribution in [0.15, 0.2) is 24.5 Å². The van der Waals surface area contributed by atoms with E-state index in [2.05, 4.69) is 38.0 Å². The number of aromatic nitrogens is 2. The summed E-state index contributed by atoms with van der Waals surface area (Å²) < 4.78 is 31.7. The van der Waals surface area contributed by atoms with E-state index in [0.717, 1.165) is 12.8 Å². The molecule has 3 heterocycles. The van der Waals surface area contributed by atoms with E-state index in [-0.39, 0.29) is 27.4 Å². The van der Waals surface area contributed by atoms with Crippen LogP contribution in [0.1, 0.15) is 63.0 Å². The van der Waals surface area contributed by atoms with E-state index in [9.17, 15) is 13.6 Å². The summed E-state index contributed by atoms with van der Waals surface area (Å²) in [6.07, 6.45) is 1.98. The first-order valence-corrected chi connectivity index (χ1v) is 12.7. The van der Waals surface area contributed by atoms with E-state index >= 15 is 0 Å². The summed E-state index contributed by atoms with van der Waals surface area (Å²) in [6.45, 7) is 8.00. The van der Waals surface area contributed by atoms with E-state index in [4.69, 9.17) is 16.3 Å². The molecule has 1 aliphatic heterocycles. The third-order valence-corrected chi connectivity index (χ3v) is 5.84. The zero-order valence-corrected chi connectivity index (χ0v) is 21.9. The third-order valence-electron chi connectivity index (χ3n) is 4.61. The second-order valence-corrected chi connectivity index (χ2v) is 8.49. The Balaban J connectivity index is 0.00000103. The number of ether oxygens (including phenoxy) is 1. The van der Waals surface area contributed by atoms with Gasteiger partial charge in [0.15, 0.2) is 0 Å². The van der Waals surface area contributed by atoms with Gasteiger partial charge in [0.25, 0.3) is 12.3 Å². The number of halogens is 3. The van der Waals surface area contributed by atoms with E-state index in [1.165, 1.54) is 43.4 Å². The van der Waals surface area contributed by atoms with Crippen molar-refractivity contribution in [3.8, 4) is 28.7 Å². The van der Waals surface area contributed by atoms with E-state index in [1.807, 2.05) is 27.7 Å². The van der Waals surface area contributed by atoms with Gasteiger partial charge in [-0.1, -0.05) is 62.9 Å². The van der Waals surface area contributed by atoms with Gasteiger partial charge in [0.2, 0.25) is 0 Å². The molecular weight excluding hydrogens is 496 g/mol. The van der Waals surface area contributed by atoms with Gasteiger partial charge in [-0.15, -0.1) is 0 Å². The molecule has 11 heteroatoms. The van der Waals surface area contributed by atoms with Crippen LogP contribution in [0.2, 0.25) is 5.15 Å². The highest BCUT2D eigenvalue weighted by Crippen LogP contribution is 2.35. The normalized spacial score (nSPS) is 18.3. The molecule has 2 unspecified atom stereocenters. The molecule has 1 saturated heterocycles. The number of carbonyl (C=O) groups excluding carboxylic acids is 1. The monoisotopic (exact) mass is 525 g/mol. The van der Waals surface area contributed by atoms with Gasteiger partial charge in [0, 0.05) is 23.2 Å². The number of hydrogen-bond acceptors (Lipinski definition) is 7. The Morgan fingerprint density at radius 1 is 1.14 bits per heavy atom. The van der Waals surface area contributed by atoms with Crippen LogP contribution in [0, 0.1) is 17.8 Å². The zero-order valence-electron chi connectivity index (χ0n) is 20.3. The lowest BCUT2D eigenvalue weighted by Gasteiger charge is -2.16. The van der Waals surface area contributed by atoms with Gasteiger partial charge in [-0.05, 0) is 25.0 Å². The molecule has 1 saturated carbocycles. The first kappa shape index (κ1) is 28.8. The van der Waals surface area contributed by atoms with Gasteiger partial charge in [-0.3, -0.25) is 9.78 Å². The van der Waals surface area contributed by atoms with Gasteiger partial charge < -0.3 is 10.1 Å². The molecule has 0 aromatic carbocycles. The van der Waals surface area contributed by atoms with Crippen molar-refractivity contribution < 1.29 is 18.3 Å². The van der Waals surface area contributed by atoms with Crippen LogP contribution < -0.4 is 20.9 Å². The summed E-state index contributed by atoms with van der Waals surface area (Å²) in [5, 5.41) is 2.78. The number of nitrogens with one attached hydrogen (secondary N) is 3. The zero-order chi connectivity index (χ0) is 26.0. The first-order valence-electron chi connectivity index (χ1n) is 11.4. The van der Waals surface area contributed by atoms with Crippen molar-refractivity contribution in [2.45, 2.75) is 57.8 Å². The summed E-state index contributed by atoms with van der Waals surface area (Å²) in [6, 6.07) is 2.61. The maximum atomic E-state index is 13.2. The highest BCUT2D eigenvalue weighted by molar-refractivity contribution is 8.00. The standard InChI is InChI=1S/C20H18ClF2N5O2S.2C2H6/c1-30-15-9-24-14(18(22)23)6-12(15)11-7-16(21)25-8-13(11)19(29)26-20-28-27-17(31-20)5-4-10-2-3-10;2*1-2/h6-10,17-18,20,27-28H,2-3H2,1H3,(H,26,29);2*1-2H3. The van der Waals surface area contributed by atoms with E-state index in [0.29, 0.717) is 11.5 Å². The Morgan fingerprint density at radius 2 is 1.86 bits per heavy atom. The number of hydrazine groups is 1. The van der Waals surface area contributed by atoms with Crippen LogP contribution >= 0.6 is 23.4 Å². The van der Waals surface area contributed by atoms with Crippen molar-refractivity contribution in [3.05, 3.63) is 40.9 Å². The fourth-order valence-electron chi connectivity index (χ4n) is 2.90. The largest absolute Gasteiger partial charge is 0.494 e. The van der Waals surface area contributed by atoms with Gasteiger partial charge in [0.1, 0.15) is 27.5 Å². The second kappa shape index (κ2) is 14.2. The van der Waals surface area contributed by atoms with Crippen molar-refractivity contribution in [1.82, 2.24) is 26.1 Å². The molecule has 0 radical (unpaired) electrons. The summed E-state index contributed by atoms with van der Waals surface area (Å²) >= 11 is 7.45. The quantitative estimate of drug-likeness (QED) is 0.356. The van der Waals surface area contributed by atoms with Crippen molar-refractivity contribution in [2.75, 3.05) is 7.11 Å². The summed E-state index contributed by atoms with van der Waals surface area (Å²) in [4.78, 5) is 20.7. The summed E-state index contributed by atoms with van der Waals surface area (Å²) in [5.74, 6) is 6.55. The predicted molar refractivity (Wildman–Crippen MR) is 136 cm³/mol. The van der Waals surface area contributed by atoms with Crippen molar-refractivity contribution in [3.63, 3.8) is 0 Å². The summed E-state index contributed by atoms with van der Waals surface area (Å²) in [5.41, 5.74) is 5.83. The average Bonchev–Trinajstić information content (AvgIpc) is 3.62. The molecule has 0 bridgehead atoms. The molecular formula is C24H30ClF2N5O2S. The topological polar surface area (TPSA) is 88.2 Å². The number of alkyl halides is 2. The average molecular weight is 526 g/mol. The molecule has 190 valence electrons. The molecule has 2 atom stereocenters. The Kier molecular flexibility index (Phi) is 11.7. The molecule has 2 fully saturated rings. The molecule has 2 aromatic heterocycles. The Bertz CT molecular complexity index is 1060. The van der Waals surface area contributed by atoms with Crippen LogP contribution in [0.3, 0.4) is 0 Å². The van der Waals surface area contributed by atoms with E-state index < -0.39 is 23.5 Å². The molecule has 3 N–H and O–H groups in total. The number of rotatable bonds is 5. The van der Waals surface area contributed by atoms with Crippen LogP contribution in [0.25, 0.3) is 11.1 Å². The molecule has 1 amide bonds. The fraction of sp³-hybridized carbons (Fsp3) is 0.458. The van der Waals surface area contributed by atoms with Crippen molar-refractivity contribution >= 4 is 29.3 Å². The van der Waals surface area contributed by atoms with Crippen LogP contribution in [-0.4, -0.2) is 33.9 Å². The smallest absolute Gasteiger partial charge is 0.280 e. The molecule has 7 nitrogen and oxygen atoms in total. The summed E-state index contributed by atoms with van der Waals surface area (Å²) in [7, 11) is 1.39. The highest BCUT2D eigenvalue weighted by Gasteiger charge is 2.27. The lowest BCUT2D eigenvalue weighted by molar-refractivity contribution is 0.0945. The number of hydrogen-bond donors (Lipinski definition) is 3. The molecule has 35 heavy (non-hydrogen) atoms. The molecule has 0 spiro atoms. The predicted octanol–water partition coefficient (Wildman–Crippen LogP) is 5.39. The van der Waals surface area contributed by atoms with Gasteiger partial charge >= 0.3 is 0 Å². The Hall–Kier alpha value is -2.45. The lowest BCUT2D eigenvalue weighted by Crippen LogP contribution is -2.43. The van der Waals surface area contributed by atoms with Gasteiger partial charge in [0.05, 0.1) is 18.9 Å². The maximum Gasteiger partial charge on any atom is 0.280 e. The van der Waals surface area contributed by atoms with Gasteiger partial charge in [-0.25, -0.2) is 24.6 Å². The third kappa shape index (κ3) is 8.04. The number of methoxy groups -OCH3 is 1. The van der Waals surface area contributed by atoms with Gasteiger partial charge in [-0.2, -0.15) is 0 Å². The maximum absolute atomic E-state index is 13.2. The Labute approximate surface area is 214 Å². The SMILES string of the molecule is CC.CC.COc1cnc(C(F)F)cc1-c1cc(Cl)ncc1C(=O)NC1NNC(C#CC2CC2)S1. The van der Waals surface area contributed by atoms with Crippen molar-refractivity contribution in [2.24, 2.45) is 5.92 Å². The minimum atomic E-state index is -2.78.